The van der Waals surface area contributed by atoms with Crippen molar-refractivity contribution in [3.63, 3.8) is 0 Å². The fourth-order valence-electron chi connectivity index (χ4n) is 10.5. The fourth-order valence-corrected chi connectivity index (χ4v) is 10.5. The quantitative estimate of drug-likeness (QED) is 0.0204. The molecule has 0 saturated carbocycles. The molecule has 2 heterocycles. The van der Waals surface area contributed by atoms with E-state index in [1.807, 2.05) is 6.08 Å². The number of carbonyl (C=O) groups is 1. The van der Waals surface area contributed by atoms with Crippen LogP contribution in [0.2, 0.25) is 0 Å². The summed E-state index contributed by atoms with van der Waals surface area (Å²) in [5.74, 6) is -0.247. The monoisotopic (exact) mass is 1080 g/mol. The van der Waals surface area contributed by atoms with Gasteiger partial charge in [0.25, 0.3) is 0 Å². The first-order valence-corrected chi connectivity index (χ1v) is 31.6. The molecular formula is C62H117NO13. The lowest BCUT2D eigenvalue weighted by Crippen LogP contribution is -2.65. The van der Waals surface area contributed by atoms with Crippen LogP contribution in [0.15, 0.2) is 24.3 Å². The average molecular weight is 1080 g/mol. The van der Waals surface area contributed by atoms with Gasteiger partial charge in [0.1, 0.15) is 48.8 Å². The van der Waals surface area contributed by atoms with Crippen LogP contribution in [0.25, 0.3) is 0 Å². The lowest BCUT2D eigenvalue weighted by atomic mass is 9.97. The highest BCUT2D eigenvalue weighted by Crippen LogP contribution is 2.30. The van der Waals surface area contributed by atoms with Gasteiger partial charge in [0.15, 0.2) is 12.6 Å². The molecule has 0 aliphatic carbocycles. The van der Waals surface area contributed by atoms with Gasteiger partial charge in [-0.15, -0.1) is 0 Å². The van der Waals surface area contributed by atoms with E-state index in [1.165, 1.54) is 186 Å². The van der Waals surface area contributed by atoms with E-state index in [2.05, 4.69) is 31.3 Å². The molecule has 12 unspecified atom stereocenters. The third-order valence-corrected chi connectivity index (χ3v) is 15.6. The number of amides is 1. The Balaban J connectivity index is 1.67. The van der Waals surface area contributed by atoms with Gasteiger partial charge in [0.05, 0.1) is 32.0 Å². The van der Waals surface area contributed by atoms with E-state index in [1.54, 1.807) is 6.08 Å². The summed E-state index contributed by atoms with van der Waals surface area (Å²) in [7, 11) is 0. The topological polar surface area (TPSA) is 228 Å². The Morgan fingerprint density at radius 3 is 1.28 bits per heavy atom. The zero-order valence-electron chi connectivity index (χ0n) is 48.3. The van der Waals surface area contributed by atoms with Gasteiger partial charge >= 0.3 is 0 Å². The van der Waals surface area contributed by atoms with Crippen molar-refractivity contribution in [2.45, 2.75) is 344 Å². The molecule has 0 radical (unpaired) electrons. The zero-order chi connectivity index (χ0) is 55.3. The molecule has 2 aliphatic rings. The molecule has 76 heavy (non-hydrogen) atoms. The van der Waals surface area contributed by atoms with Gasteiger partial charge in [-0.25, -0.2) is 0 Å². The summed E-state index contributed by atoms with van der Waals surface area (Å²) >= 11 is 0. The maximum Gasteiger partial charge on any atom is 0.220 e. The van der Waals surface area contributed by atoms with Crippen molar-refractivity contribution in [1.29, 1.82) is 0 Å². The smallest absolute Gasteiger partial charge is 0.220 e. The largest absolute Gasteiger partial charge is 0.394 e. The number of nitrogens with one attached hydrogen (secondary N) is 1. The summed E-state index contributed by atoms with van der Waals surface area (Å²) < 4.78 is 22.8. The van der Waals surface area contributed by atoms with Crippen LogP contribution in [0.4, 0.5) is 0 Å². The van der Waals surface area contributed by atoms with E-state index in [0.717, 1.165) is 57.8 Å². The summed E-state index contributed by atoms with van der Waals surface area (Å²) in [5.41, 5.74) is 0. The molecule has 2 fully saturated rings. The molecule has 0 aromatic rings. The van der Waals surface area contributed by atoms with Crippen LogP contribution in [0.1, 0.15) is 271 Å². The van der Waals surface area contributed by atoms with Crippen LogP contribution in [0.3, 0.4) is 0 Å². The molecule has 2 saturated heterocycles. The number of ether oxygens (including phenoxy) is 4. The Labute approximate surface area is 462 Å². The van der Waals surface area contributed by atoms with Crippen LogP contribution in [-0.2, 0) is 23.7 Å². The van der Waals surface area contributed by atoms with E-state index in [0.29, 0.717) is 6.42 Å². The highest BCUT2D eigenvalue weighted by molar-refractivity contribution is 5.76. The minimum Gasteiger partial charge on any atom is -0.394 e. The van der Waals surface area contributed by atoms with E-state index in [4.69, 9.17) is 18.9 Å². The Hall–Kier alpha value is -1.53. The van der Waals surface area contributed by atoms with Crippen molar-refractivity contribution < 1.29 is 64.6 Å². The molecule has 14 nitrogen and oxygen atoms in total. The number of hydrogen-bond donors (Lipinski definition) is 9. The minimum absolute atomic E-state index is 0.247. The van der Waals surface area contributed by atoms with Gasteiger partial charge in [-0.3, -0.25) is 4.79 Å². The standard InChI is InChI=1S/C62H117NO13/c1-3-5-7-9-11-13-15-17-18-19-20-21-22-23-24-25-26-27-28-29-30-31-32-33-34-35-37-39-41-43-45-51(66)50(63-54(67)46-44-42-40-38-36-16-14-12-10-8-6-4-2)49-73-61-59(72)57(70)60(53(48-65)75-61)76-62-58(71)56(69)55(68)52(47-64)74-62/h12,14,43,45,50-53,55-62,64-66,68-72H,3-11,13,15-42,44,46-49H2,1-2H3,(H,63,67)/b14-12-,45-43+. The van der Waals surface area contributed by atoms with Gasteiger partial charge < -0.3 is 65.1 Å². The number of rotatable bonds is 51. The summed E-state index contributed by atoms with van der Waals surface area (Å²) in [4.78, 5) is 13.2. The highest BCUT2D eigenvalue weighted by atomic mass is 16.7. The molecule has 2 aliphatic heterocycles. The molecule has 2 rings (SSSR count). The molecule has 0 spiro atoms. The molecule has 0 aromatic heterocycles. The van der Waals surface area contributed by atoms with Crippen molar-refractivity contribution in [2.24, 2.45) is 0 Å². The van der Waals surface area contributed by atoms with Crippen LogP contribution in [0.5, 0.6) is 0 Å². The molecule has 0 aromatic carbocycles. The second kappa shape index (κ2) is 48.2. The van der Waals surface area contributed by atoms with E-state index >= 15 is 0 Å². The number of aliphatic hydroxyl groups excluding tert-OH is 8. The van der Waals surface area contributed by atoms with E-state index in [-0.39, 0.29) is 18.9 Å². The van der Waals surface area contributed by atoms with Crippen molar-refractivity contribution >= 4 is 5.91 Å². The normalized spacial score (nSPS) is 25.0. The van der Waals surface area contributed by atoms with Gasteiger partial charge in [-0.05, 0) is 44.9 Å². The SMILES string of the molecule is CCCCC/C=C\CCCCCCCC(=O)NC(COC1OC(CO)C(OC2OC(CO)C(O)C(O)C2O)C(O)C1O)C(O)/C=C/CCCCCCCCCCCCCCCCCCCCCCCCCCCCCC. The molecule has 448 valence electrons. The third-order valence-electron chi connectivity index (χ3n) is 15.6. The number of unbranched alkanes of at least 4 members (excludes halogenated alkanes) is 36. The van der Waals surface area contributed by atoms with Gasteiger partial charge in [-0.1, -0.05) is 244 Å². The number of aliphatic hydroxyl groups is 8. The second-order valence-electron chi connectivity index (χ2n) is 22.5. The van der Waals surface area contributed by atoms with Crippen molar-refractivity contribution in [3.8, 4) is 0 Å². The second-order valence-corrected chi connectivity index (χ2v) is 22.5. The van der Waals surface area contributed by atoms with E-state index in [9.17, 15) is 45.6 Å². The Bertz CT molecular complexity index is 1370. The minimum atomic E-state index is -1.79. The fraction of sp³-hybridized carbons (Fsp3) is 0.919. The molecule has 1 amide bonds. The molecule has 0 bridgehead atoms. The highest BCUT2D eigenvalue weighted by Gasteiger charge is 2.51. The summed E-state index contributed by atoms with van der Waals surface area (Å²) in [6.45, 7) is 2.78. The summed E-state index contributed by atoms with van der Waals surface area (Å²) in [6.07, 6.45) is 41.0. The van der Waals surface area contributed by atoms with Gasteiger partial charge in [-0.2, -0.15) is 0 Å². The number of hydrogen-bond acceptors (Lipinski definition) is 13. The average Bonchev–Trinajstić information content (AvgIpc) is 3.42. The van der Waals surface area contributed by atoms with Crippen LogP contribution in [0, 0.1) is 0 Å². The summed E-state index contributed by atoms with van der Waals surface area (Å²) in [6, 6.07) is -0.917. The third kappa shape index (κ3) is 33.3. The molecule has 14 heteroatoms. The molecular weight excluding hydrogens is 967 g/mol. The van der Waals surface area contributed by atoms with Crippen LogP contribution >= 0.6 is 0 Å². The number of carbonyl (C=O) groups excluding carboxylic acids is 1. The Morgan fingerprint density at radius 2 is 0.829 bits per heavy atom. The maximum atomic E-state index is 13.2. The van der Waals surface area contributed by atoms with Gasteiger partial charge in [0, 0.05) is 6.42 Å². The van der Waals surface area contributed by atoms with Crippen molar-refractivity contribution in [3.05, 3.63) is 24.3 Å². The predicted octanol–water partition coefficient (Wildman–Crippen LogP) is 11.2. The first kappa shape index (κ1) is 70.6. The van der Waals surface area contributed by atoms with Crippen LogP contribution < -0.4 is 5.32 Å². The van der Waals surface area contributed by atoms with Crippen LogP contribution in [-0.4, -0.2) is 140 Å². The Kier molecular flexibility index (Phi) is 44.8. The lowest BCUT2D eigenvalue weighted by Gasteiger charge is -2.46. The van der Waals surface area contributed by atoms with Crippen molar-refractivity contribution in [1.82, 2.24) is 5.32 Å². The lowest BCUT2D eigenvalue weighted by molar-refractivity contribution is -0.359. The molecule has 12 atom stereocenters. The predicted molar refractivity (Wildman–Crippen MR) is 305 cm³/mol. The van der Waals surface area contributed by atoms with Gasteiger partial charge in [0.2, 0.25) is 5.91 Å². The first-order chi connectivity index (χ1) is 37.1. The summed E-state index contributed by atoms with van der Waals surface area (Å²) in [5, 5.41) is 87.0. The first-order valence-electron chi connectivity index (χ1n) is 31.6. The molecule has 9 N–H and O–H groups in total. The maximum absolute atomic E-state index is 13.2. The number of allylic oxidation sites excluding steroid dienone is 3. The van der Waals surface area contributed by atoms with Crippen molar-refractivity contribution in [2.75, 3.05) is 19.8 Å². The van der Waals surface area contributed by atoms with E-state index < -0.39 is 86.8 Å². The zero-order valence-corrected chi connectivity index (χ0v) is 48.3. The Morgan fingerprint density at radius 1 is 0.461 bits per heavy atom.